The Bertz CT molecular complexity index is 1050. The lowest BCUT2D eigenvalue weighted by Gasteiger charge is -2.09. The minimum absolute atomic E-state index is 0.0173. The van der Waals surface area contributed by atoms with Gasteiger partial charge in [0, 0.05) is 28.4 Å². The topological polar surface area (TPSA) is 101 Å². The fraction of sp³-hybridized carbons (Fsp3) is 0.100. The van der Waals surface area contributed by atoms with Crippen LogP contribution in [0.25, 0.3) is 0 Å². The molecule has 1 aromatic heterocycles. The van der Waals surface area contributed by atoms with E-state index in [2.05, 4.69) is 10.6 Å². The Labute approximate surface area is 175 Å². The number of nitro benzene ring substituents is 1. The molecule has 7 nitrogen and oxygen atoms in total. The molecule has 3 aromatic rings. The third-order valence-electron chi connectivity index (χ3n) is 3.90. The highest BCUT2D eigenvalue weighted by molar-refractivity contribution is 8.00. The van der Waals surface area contributed by atoms with Gasteiger partial charge in [-0.15, -0.1) is 23.1 Å². The van der Waals surface area contributed by atoms with Gasteiger partial charge in [0.2, 0.25) is 5.91 Å². The average Bonchev–Trinajstić information content (AvgIpc) is 3.23. The zero-order valence-electron chi connectivity index (χ0n) is 15.4. The number of non-ortho nitro benzene ring substituents is 1. The van der Waals surface area contributed by atoms with Crippen molar-refractivity contribution in [2.24, 2.45) is 0 Å². The monoisotopic (exact) mass is 427 g/mol. The van der Waals surface area contributed by atoms with Crippen LogP contribution in [-0.4, -0.2) is 22.5 Å². The largest absolute Gasteiger partial charge is 0.325 e. The highest BCUT2D eigenvalue weighted by atomic mass is 32.2. The van der Waals surface area contributed by atoms with Crippen molar-refractivity contribution in [2.45, 2.75) is 11.8 Å². The number of anilines is 2. The number of nitrogens with zero attached hydrogens (tertiary/aromatic N) is 1. The van der Waals surface area contributed by atoms with E-state index in [4.69, 9.17) is 0 Å². The molecule has 0 atom stereocenters. The third-order valence-corrected chi connectivity index (χ3v) is 5.76. The quantitative estimate of drug-likeness (QED) is 0.316. The number of thioether (sulfide) groups is 1. The molecule has 3 rings (SSSR count). The second kappa shape index (κ2) is 9.35. The number of carbonyl (C=O) groups excluding carboxylic acids is 2. The Balaban J connectivity index is 1.56. The number of aryl methyl sites for hydroxylation is 1. The van der Waals surface area contributed by atoms with Gasteiger partial charge >= 0.3 is 0 Å². The molecule has 2 N–H and O–H groups in total. The second-order valence-corrected chi connectivity index (χ2v) is 8.05. The van der Waals surface area contributed by atoms with E-state index in [9.17, 15) is 19.7 Å². The van der Waals surface area contributed by atoms with Crippen molar-refractivity contribution in [3.05, 3.63) is 80.5 Å². The Kier molecular flexibility index (Phi) is 6.63. The third kappa shape index (κ3) is 5.66. The van der Waals surface area contributed by atoms with Gasteiger partial charge in [-0.2, -0.15) is 0 Å². The fourth-order valence-corrected chi connectivity index (χ4v) is 3.87. The summed E-state index contributed by atoms with van der Waals surface area (Å²) in [5.74, 6) is -0.229. The van der Waals surface area contributed by atoms with Gasteiger partial charge in [-0.25, -0.2) is 0 Å². The minimum Gasteiger partial charge on any atom is -0.325 e. The van der Waals surface area contributed by atoms with E-state index in [1.165, 1.54) is 41.3 Å². The van der Waals surface area contributed by atoms with Crippen LogP contribution >= 0.6 is 23.1 Å². The number of carbonyl (C=O) groups is 2. The molecule has 0 fully saturated rings. The smallest absolute Gasteiger partial charge is 0.269 e. The van der Waals surface area contributed by atoms with Gasteiger partial charge in [0.25, 0.3) is 11.6 Å². The molecule has 2 amide bonds. The van der Waals surface area contributed by atoms with Gasteiger partial charge in [-0.3, -0.25) is 19.7 Å². The van der Waals surface area contributed by atoms with Crippen molar-refractivity contribution in [1.29, 1.82) is 0 Å². The zero-order chi connectivity index (χ0) is 20.8. The lowest BCUT2D eigenvalue weighted by atomic mass is 10.2. The molecule has 0 saturated heterocycles. The summed E-state index contributed by atoms with van der Waals surface area (Å²) in [5.41, 5.74) is 1.80. The molecule has 0 spiro atoms. The van der Waals surface area contributed by atoms with Gasteiger partial charge < -0.3 is 10.6 Å². The Morgan fingerprint density at radius 3 is 2.62 bits per heavy atom. The summed E-state index contributed by atoms with van der Waals surface area (Å²) in [4.78, 5) is 36.2. The molecule has 0 unspecified atom stereocenters. The first-order chi connectivity index (χ1) is 13.9. The highest BCUT2D eigenvalue weighted by Crippen LogP contribution is 2.24. The van der Waals surface area contributed by atoms with E-state index < -0.39 is 4.92 Å². The van der Waals surface area contributed by atoms with Crippen LogP contribution < -0.4 is 10.6 Å². The van der Waals surface area contributed by atoms with E-state index in [-0.39, 0.29) is 23.3 Å². The maximum atomic E-state index is 12.2. The van der Waals surface area contributed by atoms with Crippen LogP contribution in [-0.2, 0) is 4.79 Å². The van der Waals surface area contributed by atoms with Crippen molar-refractivity contribution in [2.75, 3.05) is 16.4 Å². The van der Waals surface area contributed by atoms with Gasteiger partial charge in [0.15, 0.2) is 0 Å². The van der Waals surface area contributed by atoms with E-state index in [1.54, 1.807) is 25.1 Å². The molecule has 29 heavy (non-hydrogen) atoms. The van der Waals surface area contributed by atoms with Crippen molar-refractivity contribution in [3.8, 4) is 0 Å². The number of thiophene rings is 1. The number of nitro groups is 1. The molecular formula is C20H17N3O4S2. The summed E-state index contributed by atoms with van der Waals surface area (Å²) in [5, 5.41) is 18.2. The van der Waals surface area contributed by atoms with Crippen LogP contribution in [0.1, 0.15) is 15.2 Å². The van der Waals surface area contributed by atoms with Gasteiger partial charge in [-0.05, 0) is 48.2 Å². The SMILES string of the molecule is Cc1cc([N+](=O)[O-])ccc1NC(=O)CSc1cccc(NC(=O)c2cccs2)c1. The number of hydrogen-bond acceptors (Lipinski definition) is 6. The Morgan fingerprint density at radius 2 is 1.93 bits per heavy atom. The molecule has 0 aliphatic rings. The first-order valence-corrected chi connectivity index (χ1v) is 10.4. The van der Waals surface area contributed by atoms with Crippen LogP contribution in [0.15, 0.2) is 64.9 Å². The van der Waals surface area contributed by atoms with Gasteiger partial charge in [0.05, 0.1) is 15.6 Å². The molecule has 0 radical (unpaired) electrons. The standard InChI is InChI=1S/C20H17N3O4S2/c1-13-10-15(23(26)27)7-8-17(13)22-19(24)12-29-16-5-2-4-14(11-16)21-20(25)18-6-3-9-28-18/h2-11H,12H2,1H3,(H,21,25)(H,22,24). The molecule has 9 heteroatoms. The molecule has 0 bridgehead atoms. The van der Waals surface area contributed by atoms with Gasteiger partial charge in [-0.1, -0.05) is 12.1 Å². The maximum Gasteiger partial charge on any atom is 0.269 e. The predicted octanol–water partition coefficient (Wildman–Crippen LogP) is 4.95. The number of benzene rings is 2. The molecule has 148 valence electrons. The van der Waals surface area contributed by atoms with Gasteiger partial charge in [0.1, 0.15) is 0 Å². The first kappa shape index (κ1) is 20.6. The van der Waals surface area contributed by atoms with Crippen molar-refractivity contribution in [1.82, 2.24) is 0 Å². The number of nitrogens with one attached hydrogen (secondary N) is 2. The van der Waals surface area contributed by atoms with E-state index in [0.717, 1.165) is 4.90 Å². The lowest BCUT2D eigenvalue weighted by Crippen LogP contribution is -2.15. The zero-order valence-corrected chi connectivity index (χ0v) is 17.0. The highest BCUT2D eigenvalue weighted by Gasteiger charge is 2.11. The molecule has 1 heterocycles. The van der Waals surface area contributed by atoms with Crippen molar-refractivity contribution < 1.29 is 14.5 Å². The minimum atomic E-state index is -0.474. The van der Waals surface area contributed by atoms with Crippen LogP contribution in [0.3, 0.4) is 0 Å². The second-order valence-electron chi connectivity index (χ2n) is 6.05. The molecule has 0 aliphatic carbocycles. The van der Waals surface area contributed by atoms with Crippen LogP contribution in [0.5, 0.6) is 0 Å². The maximum absolute atomic E-state index is 12.2. The van der Waals surface area contributed by atoms with E-state index >= 15 is 0 Å². The number of rotatable bonds is 7. The summed E-state index contributed by atoms with van der Waals surface area (Å²) < 4.78 is 0. The summed E-state index contributed by atoms with van der Waals surface area (Å²) in [6.45, 7) is 1.70. The van der Waals surface area contributed by atoms with E-state index in [1.807, 2.05) is 23.6 Å². The predicted molar refractivity (Wildman–Crippen MR) is 116 cm³/mol. The molecule has 0 aliphatic heterocycles. The summed E-state index contributed by atoms with van der Waals surface area (Å²) in [7, 11) is 0. The summed E-state index contributed by atoms with van der Waals surface area (Å²) in [6.07, 6.45) is 0. The molecule has 2 aromatic carbocycles. The van der Waals surface area contributed by atoms with Crippen molar-refractivity contribution in [3.63, 3.8) is 0 Å². The number of hydrogen-bond donors (Lipinski definition) is 2. The number of amides is 2. The van der Waals surface area contributed by atoms with Crippen LogP contribution in [0.4, 0.5) is 17.1 Å². The van der Waals surface area contributed by atoms with E-state index in [0.29, 0.717) is 21.8 Å². The Morgan fingerprint density at radius 1 is 1.10 bits per heavy atom. The normalized spacial score (nSPS) is 10.4. The summed E-state index contributed by atoms with van der Waals surface area (Å²) >= 11 is 2.70. The molecular weight excluding hydrogens is 410 g/mol. The average molecular weight is 428 g/mol. The van der Waals surface area contributed by atoms with Crippen molar-refractivity contribution >= 4 is 52.0 Å². The fourth-order valence-electron chi connectivity index (χ4n) is 2.50. The molecule has 0 saturated carbocycles. The lowest BCUT2D eigenvalue weighted by molar-refractivity contribution is -0.384. The van der Waals surface area contributed by atoms with Crippen LogP contribution in [0.2, 0.25) is 0 Å². The van der Waals surface area contributed by atoms with Crippen LogP contribution in [0, 0.1) is 17.0 Å². The summed E-state index contributed by atoms with van der Waals surface area (Å²) in [6, 6.07) is 15.1. The first-order valence-electron chi connectivity index (χ1n) is 8.55. The Hall–Kier alpha value is -3.17.